The molecule has 0 aliphatic carbocycles. The van der Waals surface area contributed by atoms with Crippen LogP contribution in [0.1, 0.15) is 12.5 Å². The summed E-state index contributed by atoms with van der Waals surface area (Å²) >= 11 is 3.17. The second-order valence-electron chi connectivity index (χ2n) is 4.04. The van der Waals surface area contributed by atoms with Gasteiger partial charge in [0.15, 0.2) is 9.84 Å². The number of hydrogen-bond acceptors (Lipinski definition) is 3. The van der Waals surface area contributed by atoms with Crippen molar-refractivity contribution in [2.24, 2.45) is 0 Å². The molecule has 17 heavy (non-hydrogen) atoms. The van der Waals surface area contributed by atoms with E-state index in [1.165, 1.54) is 25.1 Å². The maximum absolute atomic E-state index is 12.8. The van der Waals surface area contributed by atoms with Crippen LogP contribution in [0, 0.1) is 5.82 Å². The summed E-state index contributed by atoms with van der Waals surface area (Å²) in [6.45, 7) is 1.46. The Morgan fingerprint density at radius 1 is 1.47 bits per heavy atom. The van der Waals surface area contributed by atoms with Crippen molar-refractivity contribution >= 4 is 25.8 Å². The lowest BCUT2D eigenvalue weighted by atomic mass is 10.1. The number of benzene rings is 1. The smallest absolute Gasteiger partial charge is 0.152 e. The molecule has 1 aromatic rings. The topological polar surface area (TPSA) is 54.4 Å². The first-order chi connectivity index (χ1) is 7.71. The molecule has 3 nitrogen and oxygen atoms in total. The fraction of sp³-hybridized carbons (Fsp3) is 0.455. The first-order valence-corrected chi connectivity index (χ1v) is 7.77. The van der Waals surface area contributed by atoms with E-state index in [0.717, 1.165) is 6.26 Å². The van der Waals surface area contributed by atoms with Gasteiger partial charge in [0.1, 0.15) is 5.82 Å². The first kappa shape index (κ1) is 14.6. The maximum atomic E-state index is 12.8. The van der Waals surface area contributed by atoms with E-state index in [1.807, 2.05) is 0 Å². The van der Waals surface area contributed by atoms with Gasteiger partial charge in [0.25, 0.3) is 0 Å². The van der Waals surface area contributed by atoms with Crippen molar-refractivity contribution in [3.05, 3.63) is 34.1 Å². The zero-order valence-corrected chi connectivity index (χ0v) is 11.9. The Labute approximate surface area is 109 Å². The van der Waals surface area contributed by atoms with Crippen LogP contribution in [0.5, 0.6) is 0 Å². The Hall–Kier alpha value is -0.460. The van der Waals surface area contributed by atoms with E-state index >= 15 is 0 Å². The highest BCUT2D eigenvalue weighted by atomic mass is 79.9. The molecule has 0 fully saturated rings. The number of sulfone groups is 1. The van der Waals surface area contributed by atoms with Gasteiger partial charge < -0.3 is 5.11 Å². The average molecular weight is 325 g/mol. The minimum atomic E-state index is -3.28. The third kappa shape index (κ3) is 4.04. The minimum absolute atomic E-state index is 0.162. The summed E-state index contributed by atoms with van der Waals surface area (Å²) in [7, 11) is -3.28. The molecular weight excluding hydrogens is 311 g/mol. The second kappa shape index (κ2) is 5.46. The molecule has 0 aliphatic rings. The molecule has 0 aliphatic heterocycles. The standard InChI is InChI=1S/C11H14BrFO3S/c1-7(17(2,15)16)11(14)5-8-3-4-9(13)6-10(8)12/h3-4,6-7,11,14H,5H2,1-2H3. The zero-order valence-electron chi connectivity index (χ0n) is 9.52. The Kier molecular flexibility index (Phi) is 4.69. The van der Waals surface area contributed by atoms with Crippen molar-refractivity contribution in [3.8, 4) is 0 Å². The molecule has 0 spiro atoms. The number of aliphatic hydroxyl groups is 1. The quantitative estimate of drug-likeness (QED) is 0.920. The molecule has 0 bridgehead atoms. The molecule has 0 amide bonds. The Morgan fingerprint density at radius 3 is 2.53 bits per heavy atom. The maximum Gasteiger partial charge on any atom is 0.152 e. The third-order valence-corrected chi connectivity index (χ3v) is 5.06. The lowest BCUT2D eigenvalue weighted by Gasteiger charge is -2.17. The van der Waals surface area contributed by atoms with Crippen LogP contribution in [0.2, 0.25) is 0 Å². The summed E-state index contributed by atoms with van der Waals surface area (Å²) < 4.78 is 35.9. The van der Waals surface area contributed by atoms with Gasteiger partial charge in [-0.25, -0.2) is 12.8 Å². The van der Waals surface area contributed by atoms with Crippen LogP contribution in [0.15, 0.2) is 22.7 Å². The van der Waals surface area contributed by atoms with E-state index in [-0.39, 0.29) is 12.2 Å². The summed E-state index contributed by atoms with van der Waals surface area (Å²) in [5.41, 5.74) is 0.675. The first-order valence-electron chi connectivity index (χ1n) is 5.02. The van der Waals surface area contributed by atoms with Crippen LogP contribution in [-0.4, -0.2) is 31.1 Å². The monoisotopic (exact) mass is 324 g/mol. The van der Waals surface area contributed by atoms with Gasteiger partial charge >= 0.3 is 0 Å². The highest BCUT2D eigenvalue weighted by Crippen LogP contribution is 2.21. The molecule has 0 radical (unpaired) electrons. The number of aliphatic hydroxyl groups excluding tert-OH is 1. The SMILES string of the molecule is CC(C(O)Cc1ccc(F)cc1Br)S(C)(=O)=O. The number of halogens is 2. The van der Waals surface area contributed by atoms with E-state index < -0.39 is 21.2 Å². The average Bonchev–Trinajstić information content (AvgIpc) is 2.19. The van der Waals surface area contributed by atoms with Gasteiger partial charge in [-0.15, -0.1) is 0 Å². The lowest BCUT2D eigenvalue weighted by Crippen LogP contribution is -2.32. The zero-order chi connectivity index (χ0) is 13.2. The van der Waals surface area contributed by atoms with Crippen molar-refractivity contribution in [1.82, 2.24) is 0 Å². The van der Waals surface area contributed by atoms with Gasteiger partial charge in [0, 0.05) is 17.1 Å². The van der Waals surface area contributed by atoms with Crippen molar-refractivity contribution in [3.63, 3.8) is 0 Å². The Bertz CT molecular complexity index is 501. The molecule has 2 atom stereocenters. The van der Waals surface area contributed by atoms with Gasteiger partial charge in [0.2, 0.25) is 0 Å². The fourth-order valence-electron chi connectivity index (χ4n) is 1.36. The van der Waals surface area contributed by atoms with Gasteiger partial charge in [0.05, 0.1) is 11.4 Å². The van der Waals surface area contributed by atoms with Crippen LogP contribution in [0.25, 0.3) is 0 Å². The molecule has 6 heteroatoms. The van der Waals surface area contributed by atoms with E-state index in [1.54, 1.807) is 0 Å². The van der Waals surface area contributed by atoms with Crippen molar-refractivity contribution in [2.75, 3.05) is 6.26 Å². The summed E-state index contributed by atoms with van der Waals surface area (Å²) in [5, 5.41) is 8.96. The van der Waals surface area contributed by atoms with Crippen molar-refractivity contribution in [2.45, 2.75) is 24.7 Å². The summed E-state index contributed by atoms with van der Waals surface area (Å²) in [6, 6.07) is 4.09. The highest BCUT2D eigenvalue weighted by molar-refractivity contribution is 9.10. The summed E-state index contributed by atoms with van der Waals surface area (Å²) in [5.74, 6) is -0.383. The predicted molar refractivity (Wildman–Crippen MR) is 68.1 cm³/mol. The minimum Gasteiger partial charge on any atom is -0.391 e. The van der Waals surface area contributed by atoms with Gasteiger partial charge in [-0.1, -0.05) is 22.0 Å². The lowest BCUT2D eigenvalue weighted by molar-refractivity contribution is 0.173. The summed E-state index contributed by atoms with van der Waals surface area (Å²) in [6.07, 6.45) is 0.238. The molecule has 0 saturated heterocycles. The molecule has 0 saturated carbocycles. The van der Waals surface area contributed by atoms with Gasteiger partial charge in [-0.05, 0) is 24.6 Å². The summed E-state index contributed by atoms with van der Waals surface area (Å²) in [4.78, 5) is 0. The van der Waals surface area contributed by atoms with Crippen LogP contribution in [0.4, 0.5) is 4.39 Å². The molecule has 96 valence electrons. The van der Waals surface area contributed by atoms with Crippen molar-refractivity contribution in [1.29, 1.82) is 0 Å². The Morgan fingerprint density at radius 2 is 2.06 bits per heavy atom. The Balaban J connectivity index is 2.85. The number of rotatable bonds is 4. The van der Waals surface area contributed by atoms with Crippen molar-refractivity contribution < 1.29 is 17.9 Å². The molecule has 1 rings (SSSR count). The molecule has 1 N–H and O–H groups in total. The largest absolute Gasteiger partial charge is 0.391 e. The third-order valence-electron chi connectivity index (χ3n) is 2.66. The van der Waals surface area contributed by atoms with Crippen LogP contribution in [0.3, 0.4) is 0 Å². The van der Waals surface area contributed by atoms with Gasteiger partial charge in [-0.2, -0.15) is 0 Å². The molecular formula is C11H14BrFO3S. The van der Waals surface area contributed by atoms with E-state index in [0.29, 0.717) is 10.0 Å². The van der Waals surface area contributed by atoms with Crippen LogP contribution >= 0.6 is 15.9 Å². The molecule has 2 unspecified atom stereocenters. The number of hydrogen-bond donors (Lipinski definition) is 1. The van der Waals surface area contributed by atoms with E-state index in [9.17, 15) is 17.9 Å². The van der Waals surface area contributed by atoms with Gasteiger partial charge in [-0.3, -0.25) is 0 Å². The second-order valence-corrected chi connectivity index (χ2v) is 7.30. The van der Waals surface area contributed by atoms with Crippen LogP contribution in [-0.2, 0) is 16.3 Å². The van der Waals surface area contributed by atoms with E-state index in [2.05, 4.69) is 15.9 Å². The molecule has 0 heterocycles. The molecule has 1 aromatic carbocycles. The normalized spacial score (nSPS) is 15.6. The van der Waals surface area contributed by atoms with Crippen LogP contribution < -0.4 is 0 Å². The van der Waals surface area contributed by atoms with E-state index in [4.69, 9.17) is 0 Å². The molecule has 0 aromatic heterocycles. The predicted octanol–water partition coefficient (Wildman–Crippen LogP) is 1.92. The highest BCUT2D eigenvalue weighted by Gasteiger charge is 2.24. The fourth-order valence-corrected chi connectivity index (χ4v) is 2.54.